The van der Waals surface area contributed by atoms with Crippen LogP contribution in [0.1, 0.15) is 44.1 Å². The van der Waals surface area contributed by atoms with Gasteiger partial charge in [0, 0.05) is 25.2 Å². The third kappa shape index (κ3) is 5.13. The minimum absolute atomic E-state index is 0.0352. The fourth-order valence-corrected chi connectivity index (χ4v) is 7.81. The van der Waals surface area contributed by atoms with Crippen LogP contribution in [0.2, 0.25) is 0 Å². The molecule has 5 rings (SSSR count). The number of likely N-dealkylation sites (tertiary alicyclic amines) is 1. The number of rotatable bonds is 7. The molecule has 0 amide bonds. The number of piperidine rings is 1. The van der Waals surface area contributed by atoms with Crippen molar-refractivity contribution >= 4 is 15.7 Å². The summed E-state index contributed by atoms with van der Waals surface area (Å²) in [6.45, 7) is 1.48. The normalized spacial score (nSPS) is 23.5. The number of para-hydroxylation sites is 1. The second-order valence-corrected chi connectivity index (χ2v) is 11.9. The van der Waals surface area contributed by atoms with Gasteiger partial charge in [-0.3, -0.25) is 9.21 Å². The van der Waals surface area contributed by atoms with Crippen molar-refractivity contribution in [2.45, 2.75) is 61.1 Å². The van der Waals surface area contributed by atoms with Crippen molar-refractivity contribution in [3.8, 4) is 5.75 Å². The van der Waals surface area contributed by atoms with Crippen LogP contribution in [0.5, 0.6) is 5.75 Å². The first kappa shape index (κ1) is 25.8. The topological polar surface area (TPSA) is 70.1 Å². The predicted octanol–water partition coefficient (Wildman–Crippen LogP) is 5.19. The molecule has 1 unspecified atom stereocenters. The molecule has 1 saturated heterocycles. The summed E-state index contributed by atoms with van der Waals surface area (Å²) in [7, 11) is -2.21. The third-order valence-electron chi connectivity index (χ3n) is 8.01. The van der Waals surface area contributed by atoms with Gasteiger partial charge >= 0.3 is 0 Å². The van der Waals surface area contributed by atoms with Crippen LogP contribution in [0.4, 0.5) is 5.69 Å². The zero-order valence-corrected chi connectivity index (χ0v) is 22.2. The molecule has 0 aromatic heterocycles. The highest BCUT2D eigenvalue weighted by molar-refractivity contribution is 7.92. The molecule has 1 aliphatic heterocycles. The Hall–Kier alpha value is -2.87. The van der Waals surface area contributed by atoms with E-state index < -0.39 is 15.6 Å². The van der Waals surface area contributed by atoms with Gasteiger partial charge in [0.2, 0.25) is 0 Å². The van der Waals surface area contributed by atoms with Crippen LogP contribution in [0.25, 0.3) is 0 Å². The monoisotopic (exact) mass is 519 g/mol. The maximum Gasteiger partial charge on any atom is 0.264 e. The Morgan fingerprint density at radius 1 is 0.865 bits per heavy atom. The number of hydrogen-bond donors (Lipinski definition) is 1. The van der Waals surface area contributed by atoms with Crippen LogP contribution in [-0.4, -0.2) is 50.7 Å². The van der Waals surface area contributed by atoms with E-state index in [1.807, 2.05) is 60.7 Å². The van der Waals surface area contributed by atoms with Crippen LogP contribution >= 0.6 is 0 Å². The van der Waals surface area contributed by atoms with E-state index in [1.54, 1.807) is 35.7 Å². The van der Waals surface area contributed by atoms with Crippen molar-refractivity contribution < 1.29 is 18.3 Å². The Morgan fingerprint density at radius 3 is 2.11 bits per heavy atom. The summed E-state index contributed by atoms with van der Waals surface area (Å²) in [5, 5.41) is 11.9. The van der Waals surface area contributed by atoms with Gasteiger partial charge in [-0.15, -0.1) is 0 Å². The van der Waals surface area contributed by atoms with Crippen molar-refractivity contribution in [3.05, 3.63) is 90.5 Å². The summed E-state index contributed by atoms with van der Waals surface area (Å²) in [6, 6.07) is 25.9. The van der Waals surface area contributed by atoms with Gasteiger partial charge in [0.05, 0.1) is 17.7 Å². The average molecular weight is 520 g/mol. The molecule has 2 fully saturated rings. The molecule has 0 spiro atoms. The van der Waals surface area contributed by atoms with Crippen LogP contribution < -0.4 is 9.04 Å². The number of hydrogen-bond acceptors (Lipinski definition) is 5. The van der Waals surface area contributed by atoms with E-state index in [0.717, 1.165) is 44.3 Å². The lowest BCUT2D eigenvalue weighted by Gasteiger charge is -2.49. The number of nitrogens with zero attached hydrogens (tertiary/aromatic N) is 2. The minimum atomic E-state index is -3.78. The number of methoxy groups -OCH3 is 1. The third-order valence-corrected chi connectivity index (χ3v) is 9.90. The highest BCUT2D eigenvalue weighted by atomic mass is 32.2. The van der Waals surface area contributed by atoms with Gasteiger partial charge in [0.15, 0.2) is 0 Å². The summed E-state index contributed by atoms with van der Waals surface area (Å²) in [5.41, 5.74) is 0.783. The van der Waals surface area contributed by atoms with Gasteiger partial charge < -0.3 is 9.84 Å². The number of ether oxygens (including phenoxy) is 1. The van der Waals surface area contributed by atoms with Gasteiger partial charge in [-0.25, -0.2) is 8.42 Å². The Morgan fingerprint density at radius 2 is 1.49 bits per heavy atom. The van der Waals surface area contributed by atoms with Gasteiger partial charge in [-0.1, -0.05) is 61.4 Å². The van der Waals surface area contributed by atoms with Crippen molar-refractivity contribution in [1.82, 2.24) is 4.90 Å². The van der Waals surface area contributed by atoms with E-state index >= 15 is 0 Å². The summed E-state index contributed by atoms with van der Waals surface area (Å²) in [5.74, 6) is 0.622. The molecule has 3 aromatic carbocycles. The molecule has 7 heteroatoms. The maximum absolute atomic E-state index is 13.9. The van der Waals surface area contributed by atoms with Crippen LogP contribution in [-0.2, 0) is 15.6 Å². The lowest BCUT2D eigenvalue weighted by molar-refractivity contribution is -0.0849. The van der Waals surface area contributed by atoms with E-state index in [2.05, 4.69) is 4.90 Å². The first-order chi connectivity index (χ1) is 17.9. The molecule has 6 nitrogen and oxygen atoms in total. The van der Waals surface area contributed by atoms with E-state index in [0.29, 0.717) is 24.3 Å². The zero-order valence-electron chi connectivity index (χ0n) is 21.4. The SMILES string of the molecule is [11CH3]Oc1ccc(S(=O)(=O)N(c2ccccc2)C2CCN([C@H]3CCCCC3(O)c3ccccc3)CC2)cc1. The van der Waals surface area contributed by atoms with Crippen LogP contribution in [0.3, 0.4) is 0 Å². The highest BCUT2D eigenvalue weighted by Crippen LogP contribution is 2.41. The molecular formula is C30H36N2O4S. The minimum Gasteiger partial charge on any atom is -0.497 e. The Bertz CT molecular complexity index is 1260. The molecule has 1 heterocycles. The molecular weight excluding hydrogens is 483 g/mol. The number of anilines is 1. The Kier molecular flexibility index (Phi) is 7.56. The lowest BCUT2D eigenvalue weighted by atomic mass is 9.74. The fraction of sp³-hybridized carbons (Fsp3) is 0.400. The van der Waals surface area contributed by atoms with Crippen molar-refractivity contribution in [2.24, 2.45) is 0 Å². The summed E-state index contributed by atoms with van der Waals surface area (Å²) < 4.78 is 34.7. The fourth-order valence-electron chi connectivity index (χ4n) is 6.10. The average Bonchev–Trinajstić information content (AvgIpc) is 2.95. The van der Waals surface area contributed by atoms with Crippen molar-refractivity contribution in [3.63, 3.8) is 0 Å². The zero-order chi connectivity index (χ0) is 25.9. The summed E-state index contributed by atoms with van der Waals surface area (Å²) in [4.78, 5) is 2.65. The Balaban J connectivity index is 1.39. The standard InChI is InChI=1S/C30H36N2O4S/c1-36-27-15-17-28(18-16-27)37(34,35)32(25-12-6-3-7-13-25)26-19-22-31(23-20-26)29-14-8-9-21-30(29,33)24-10-4-2-5-11-24/h2-7,10-13,15-18,26,29,33H,8-9,14,19-23H2,1H3/t29-,30?/m0/s1/i1-1. The molecule has 1 saturated carbocycles. The summed E-state index contributed by atoms with van der Waals surface area (Å²) in [6.07, 6.45) is 5.21. The molecule has 3 aromatic rings. The Labute approximate surface area is 220 Å². The predicted molar refractivity (Wildman–Crippen MR) is 146 cm³/mol. The van der Waals surface area contributed by atoms with E-state index in [9.17, 15) is 13.5 Å². The van der Waals surface area contributed by atoms with E-state index in [-0.39, 0.29) is 17.0 Å². The summed E-state index contributed by atoms with van der Waals surface area (Å²) >= 11 is 0. The number of sulfonamides is 1. The van der Waals surface area contributed by atoms with E-state index in [1.165, 1.54) is 0 Å². The second kappa shape index (κ2) is 10.9. The maximum atomic E-state index is 13.9. The molecule has 2 atom stereocenters. The van der Waals surface area contributed by atoms with Gasteiger partial charge in [-0.2, -0.15) is 0 Å². The number of benzene rings is 3. The largest absolute Gasteiger partial charge is 0.497 e. The number of aliphatic hydroxyl groups is 1. The smallest absolute Gasteiger partial charge is 0.264 e. The van der Waals surface area contributed by atoms with E-state index in [4.69, 9.17) is 4.74 Å². The molecule has 196 valence electrons. The van der Waals surface area contributed by atoms with Crippen molar-refractivity contribution in [1.29, 1.82) is 0 Å². The van der Waals surface area contributed by atoms with Crippen LogP contribution in [0.15, 0.2) is 89.8 Å². The lowest BCUT2D eigenvalue weighted by Crippen LogP contribution is -2.57. The molecule has 0 radical (unpaired) electrons. The molecule has 2 aliphatic rings. The van der Waals surface area contributed by atoms with Crippen molar-refractivity contribution in [2.75, 3.05) is 24.5 Å². The molecule has 1 N–H and O–H groups in total. The van der Waals surface area contributed by atoms with Crippen LogP contribution in [0, 0.1) is 0 Å². The second-order valence-electron chi connectivity index (χ2n) is 10.1. The molecule has 0 bridgehead atoms. The van der Waals surface area contributed by atoms with Gasteiger partial charge in [0.25, 0.3) is 10.0 Å². The quantitative estimate of drug-likeness (QED) is 0.466. The molecule has 37 heavy (non-hydrogen) atoms. The molecule has 1 aliphatic carbocycles. The first-order valence-corrected chi connectivity index (χ1v) is 14.6. The first-order valence-electron chi connectivity index (χ1n) is 13.2. The highest BCUT2D eigenvalue weighted by Gasteiger charge is 2.45. The van der Waals surface area contributed by atoms with Gasteiger partial charge in [-0.05, 0) is 67.6 Å². The van der Waals surface area contributed by atoms with Gasteiger partial charge in [0.1, 0.15) is 11.4 Å².